The van der Waals surface area contributed by atoms with Crippen LogP contribution >= 0.6 is 0 Å². The molecule has 0 radical (unpaired) electrons. The number of aliphatic hydroxyl groups is 1. The molecule has 39 heavy (non-hydrogen) atoms. The lowest BCUT2D eigenvalue weighted by molar-refractivity contribution is -0.176. The second-order valence-corrected chi connectivity index (χ2v) is 9.29. The van der Waals surface area contributed by atoms with Gasteiger partial charge in [-0.3, -0.25) is 4.79 Å². The number of furan rings is 1. The largest absolute Gasteiger partial charge is 0.472 e. The van der Waals surface area contributed by atoms with Gasteiger partial charge >= 0.3 is 12.2 Å². The molecule has 0 spiro atoms. The van der Waals surface area contributed by atoms with Crippen molar-refractivity contribution < 1.29 is 36.7 Å². The Morgan fingerprint density at radius 1 is 1.18 bits per heavy atom. The molecule has 2 fully saturated rings. The molecule has 2 aliphatic heterocycles. The molecular weight excluding hydrogens is 526 g/mol. The molecule has 0 bridgehead atoms. The first-order chi connectivity index (χ1) is 18.6. The van der Waals surface area contributed by atoms with E-state index in [1.807, 2.05) is 0 Å². The Morgan fingerprint density at radius 2 is 1.95 bits per heavy atom. The quantitative estimate of drug-likeness (QED) is 0.413. The fraction of sp³-hybridized carbons (Fsp3) is 0.417. The van der Waals surface area contributed by atoms with Crippen LogP contribution in [0.15, 0.2) is 47.3 Å². The molecule has 4 heterocycles. The van der Waals surface area contributed by atoms with Gasteiger partial charge in [-0.15, -0.1) is 5.10 Å². The number of piperazine rings is 1. The summed E-state index contributed by atoms with van der Waals surface area (Å²) in [7, 11) is 0. The predicted octanol–water partition coefficient (Wildman–Crippen LogP) is 2.37. The van der Waals surface area contributed by atoms with Gasteiger partial charge in [-0.1, -0.05) is 12.1 Å². The van der Waals surface area contributed by atoms with Gasteiger partial charge in [0, 0.05) is 32.7 Å². The number of urea groups is 1. The Hall–Kier alpha value is -3.98. The SMILES string of the molecule is O=C(N1CCC(O)C1)N1CCNC(C(F)(F)F)C1c1nc(NCc2ccc(F)cc2)n(C(=O)c2ccoc2)n1. The van der Waals surface area contributed by atoms with Gasteiger partial charge in [0.1, 0.15) is 24.2 Å². The molecule has 3 unspecified atom stereocenters. The minimum absolute atomic E-state index is 0.00249. The van der Waals surface area contributed by atoms with Crippen molar-refractivity contribution in [3.05, 3.63) is 65.6 Å². The molecule has 11 nitrogen and oxygen atoms in total. The van der Waals surface area contributed by atoms with E-state index in [1.165, 1.54) is 41.5 Å². The number of hydrogen-bond acceptors (Lipinski definition) is 8. The van der Waals surface area contributed by atoms with E-state index < -0.39 is 47.9 Å². The number of likely N-dealkylation sites (tertiary alicyclic amines) is 1. The third kappa shape index (κ3) is 5.59. The maximum Gasteiger partial charge on any atom is 0.406 e. The molecule has 5 rings (SSSR count). The van der Waals surface area contributed by atoms with Crippen LogP contribution in [0.1, 0.15) is 34.2 Å². The molecule has 2 aromatic heterocycles. The van der Waals surface area contributed by atoms with Crippen molar-refractivity contribution in [1.29, 1.82) is 0 Å². The number of alkyl halides is 3. The first-order valence-corrected chi connectivity index (χ1v) is 12.2. The molecule has 15 heteroatoms. The topological polar surface area (TPSA) is 129 Å². The number of carbonyl (C=O) groups is 2. The van der Waals surface area contributed by atoms with Gasteiger partial charge < -0.3 is 30.0 Å². The number of anilines is 1. The van der Waals surface area contributed by atoms with Gasteiger partial charge in [-0.2, -0.15) is 22.8 Å². The van der Waals surface area contributed by atoms with Gasteiger partial charge in [0.05, 0.1) is 17.9 Å². The van der Waals surface area contributed by atoms with Crippen LogP contribution in [-0.4, -0.2) is 86.1 Å². The number of β-amino-alcohol motifs (C(OH)–C–C–N with tert-alkyl or cyclic N) is 1. The summed E-state index contributed by atoms with van der Waals surface area (Å²) in [6, 6.07) is 2.23. The summed E-state index contributed by atoms with van der Waals surface area (Å²) in [5.41, 5.74) is 0.685. The van der Waals surface area contributed by atoms with E-state index in [2.05, 4.69) is 20.7 Å². The average Bonchev–Trinajstić information content (AvgIpc) is 3.68. The van der Waals surface area contributed by atoms with Crippen LogP contribution in [0.3, 0.4) is 0 Å². The van der Waals surface area contributed by atoms with Gasteiger partial charge in [-0.05, 0) is 30.2 Å². The highest BCUT2D eigenvalue weighted by atomic mass is 19.4. The highest BCUT2D eigenvalue weighted by Crippen LogP contribution is 2.36. The van der Waals surface area contributed by atoms with Crippen LogP contribution in [0.25, 0.3) is 0 Å². The molecule has 208 valence electrons. The fourth-order valence-electron chi connectivity index (χ4n) is 4.67. The number of halogens is 4. The molecule has 3 atom stereocenters. The summed E-state index contributed by atoms with van der Waals surface area (Å²) in [4.78, 5) is 33.1. The van der Waals surface area contributed by atoms with E-state index in [-0.39, 0.29) is 44.2 Å². The maximum absolute atomic E-state index is 14.2. The summed E-state index contributed by atoms with van der Waals surface area (Å²) in [5, 5.41) is 19.3. The van der Waals surface area contributed by atoms with E-state index in [0.29, 0.717) is 12.0 Å². The number of amides is 2. The molecule has 0 saturated carbocycles. The Morgan fingerprint density at radius 3 is 2.59 bits per heavy atom. The zero-order valence-corrected chi connectivity index (χ0v) is 20.4. The number of aliphatic hydroxyl groups excluding tert-OH is 1. The standard InChI is InChI=1S/C24H25F4N7O4/c25-16-3-1-14(2-4-16)11-30-22-31-20(32-35(22)21(37)15-6-10-39-13-15)18-19(24(26,27)28)29-7-9-34(18)23(38)33-8-5-17(36)12-33/h1-4,6,10,13,17-19,29,36H,5,7-9,11-12H2,(H,30,31,32). The highest BCUT2D eigenvalue weighted by molar-refractivity contribution is 5.96. The van der Waals surface area contributed by atoms with Gasteiger partial charge in [0.25, 0.3) is 5.91 Å². The maximum atomic E-state index is 14.2. The third-order valence-corrected chi connectivity index (χ3v) is 6.61. The monoisotopic (exact) mass is 551 g/mol. The normalized spacial score (nSPS) is 21.8. The lowest BCUT2D eigenvalue weighted by atomic mass is 10.0. The van der Waals surface area contributed by atoms with Gasteiger partial charge in [0.15, 0.2) is 5.82 Å². The lowest BCUT2D eigenvalue weighted by Gasteiger charge is -2.42. The summed E-state index contributed by atoms with van der Waals surface area (Å²) in [6.07, 6.45) is -2.82. The number of hydrogen-bond donors (Lipinski definition) is 3. The van der Waals surface area contributed by atoms with E-state index in [4.69, 9.17) is 4.42 Å². The van der Waals surface area contributed by atoms with E-state index in [9.17, 15) is 32.3 Å². The predicted molar refractivity (Wildman–Crippen MR) is 127 cm³/mol. The molecule has 1 aromatic carbocycles. The van der Waals surface area contributed by atoms with Crippen molar-refractivity contribution in [1.82, 2.24) is 29.9 Å². The van der Waals surface area contributed by atoms with Crippen molar-refractivity contribution in [2.75, 3.05) is 31.5 Å². The van der Waals surface area contributed by atoms with E-state index in [0.717, 1.165) is 15.8 Å². The molecule has 2 amide bonds. The van der Waals surface area contributed by atoms with Crippen LogP contribution in [-0.2, 0) is 6.54 Å². The second-order valence-electron chi connectivity index (χ2n) is 9.29. The Kier molecular flexibility index (Phi) is 7.27. The number of carbonyl (C=O) groups excluding carboxylic acids is 2. The zero-order chi connectivity index (χ0) is 27.7. The molecule has 3 aromatic rings. The lowest BCUT2D eigenvalue weighted by Crippen LogP contribution is -2.61. The van der Waals surface area contributed by atoms with Crippen molar-refractivity contribution in [2.24, 2.45) is 0 Å². The van der Waals surface area contributed by atoms with Crippen LogP contribution < -0.4 is 10.6 Å². The van der Waals surface area contributed by atoms with Crippen molar-refractivity contribution in [2.45, 2.75) is 37.3 Å². The number of benzene rings is 1. The fourth-order valence-corrected chi connectivity index (χ4v) is 4.67. The third-order valence-electron chi connectivity index (χ3n) is 6.61. The minimum Gasteiger partial charge on any atom is -0.472 e. The summed E-state index contributed by atoms with van der Waals surface area (Å²) < 4.78 is 61.7. The zero-order valence-electron chi connectivity index (χ0n) is 20.4. The van der Waals surface area contributed by atoms with E-state index in [1.54, 1.807) is 0 Å². The second kappa shape index (κ2) is 10.6. The summed E-state index contributed by atoms with van der Waals surface area (Å²) in [5.74, 6) is -1.75. The van der Waals surface area contributed by atoms with Crippen molar-refractivity contribution in [3.63, 3.8) is 0 Å². The first kappa shape index (κ1) is 26.6. The smallest absolute Gasteiger partial charge is 0.406 e. The molecule has 0 aliphatic carbocycles. The molecule has 2 aliphatic rings. The van der Waals surface area contributed by atoms with Crippen LogP contribution in [0.5, 0.6) is 0 Å². The minimum atomic E-state index is -4.78. The number of nitrogens with zero attached hydrogens (tertiary/aromatic N) is 5. The van der Waals surface area contributed by atoms with Crippen molar-refractivity contribution in [3.8, 4) is 0 Å². The Balaban J connectivity index is 1.53. The number of aromatic nitrogens is 3. The summed E-state index contributed by atoms with van der Waals surface area (Å²) >= 11 is 0. The highest BCUT2D eigenvalue weighted by Gasteiger charge is 2.53. The van der Waals surface area contributed by atoms with Crippen LogP contribution in [0, 0.1) is 5.82 Å². The number of rotatable bonds is 5. The summed E-state index contributed by atoms with van der Waals surface area (Å²) in [6.45, 7) is 0.0333. The van der Waals surface area contributed by atoms with Crippen LogP contribution in [0.2, 0.25) is 0 Å². The Labute approximate surface area is 219 Å². The molecular formula is C24H25F4N7O4. The van der Waals surface area contributed by atoms with E-state index >= 15 is 0 Å². The van der Waals surface area contributed by atoms with Gasteiger partial charge in [0.2, 0.25) is 5.95 Å². The molecule has 3 N–H and O–H groups in total. The molecule has 2 saturated heterocycles. The first-order valence-electron chi connectivity index (χ1n) is 12.2. The van der Waals surface area contributed by atoms with Crippen molar-refractivity contribution >= 4 is 17.9 Å². The Bertz CT molecular complexity index is 1310. The van der Waals surface area contributed by atoms with Gasteiger partial charge in [-0.25, -0.2) is 9.18 Å². The number of nitrogens with one attached hydrogen (secondary N) is 2. The van der Waals surface area contributed by atoms with Crippen LogP contribution in [0.4, 0.5) is 28.3 Å². The average molecular weight is 552 g/mol.